The maximum Gasteiger partial charge on any atom is 0.509 e. The van der Waals surface area contributed by atoms with Crippen molar-refractivity contribution in [3.05, 3.63) is 48.3 Å². The number of hydrogen-bond acceptors (Lipinski definition) is 17. The average molecular weight is 845 g/mol. The Bertz CT molecular complexity index is 2220. The van der Waals surface area contributed by atoms with Crippen molar-refractivity contribution < 1.29 is 61.7 Å². The maximum absolute atomic E-state index is 14.7. The molecule has 23 heteroatoms. The molecule has 2 aliphatic carbocycles. The molecule has 6 heterocycles. The van der Waals surface area contributed by atoms with Gasteiger partial charge in [-0.2, -0.15) is 20.7 Å². The molecule has 4 fully saturated rings. The molecule has 2 saturated carbocycles. The number of anilines is 2. The first-order chi connectivity index (χ1) is 28.3. The number of nitriles is 2. The predicted molar refractivity (Wildman–Crippen MR) is 192 cm³/mol. The maximum atomic E-state index is 14.7. The van der Waals surface area contributed by atoms with Crippen molar-refractivity contribution in [2.75, 3.05) is 11.5 Å². The zero-order chi connectivity index (χ0) is 43.0. The van der Waals surface area contributed by atoms with Crippen molar-refractivity contribution in [2.24, 2.45) is 0 Å². The Balaban J connectivity index is 1.06. The van der Waals surface area contributed by atoms with Gasteiger partial charge in [-0.15, -0.1) is 0 Å². The number of aliphatic hydroxyl groups excluding tert-OH is 4. The van der Waals surface area contributed by atoms with Crippen molar-refractivity contribution >= 4 is 28.8 Å². The van der Waals surface area contributed by atoms with Crippen LogP contribution in [0.5, 0.6) is 0 Å². The number of nitrogens with two attached hydrogens (primary N) is 2. The van der Waals surface area contributed by atoms with Crippen molar-refractivity contribution in [1.29, 1.82) is 10.5 Å². The van der Waals surface area contributed by atoms with E-state index in [1.165, 1.54) is 33.3 Å². The number of carbonyl (C=O) groups excluding carboxylic acids is 1. The summed E-state index contributed by atoms with van der Waals surface area (Å²) >= 11 is 0. The van der Waals surface area contributed by atoms with Crippen LogP contribution in [0.2, 0.25) is 0 Å². The number of rotatable bonds is 8. The molecule has 4 aliphatic rings. The third kappa shape index (κ3) is 6.69. The van der Waals surface area contributed by atoms with Crippen LogP contribution in [0.3, 0.4) is 0 Å². The molecule has 2 aliphatic heterocycles. The molecule has 19 nitrogen and oxygen atoms in total. The lowest BCUT2D eigenvalue weighted by Crippen LogP contribution is -2.50. The third-order valence-corrected chi connectivity index (χ3v) is 12.5. The minimum atomic E-state index is -3.17. The molecule has 2 saturated heterocycles. The largest absolute Gasteiger partial charge is 0.509 e. The molecule has 8 N–H and O–H groups in total. The van der Waals surface area contributed by atoms with E-state index in [0.29, 0.717) is 0 Å². The van der Waals surface area contributed by atoms with E-state index in [2.05, 4.69) is 20.2 Å². The Morgan fingerprint density at radius 1 is 0.700 bits per heavy atom. The van der Waals surface area contributed by atoms with Crippen LogP contribution in [0, 0.1) is 22.7 Å². The van der Waals surface area contributed by atoms with Crippen LogP contribution in [0.25, 0.3) is 11.0 Å². The number of hydrogen-bond donors (Lipinski definition) is 6. The number of nitrogen functional groups attached to an aromatic ring is 2. The second kappa shape index (κ2) is 14.4. The molecule has 0 radical (unpaired) electrons. The monoisotopic (exact) mass is 844 g/mol. The van der Waals surface area contributed by atoms with Crippen molar-refractivity contribution in [2.45, 2.75) is 135 Å². The fourth-order valence-electron chi connectivity index (χ4n) is 9.11. The molecule has 0 spiro atoms. The van der Waals surface area contributed by atoms with Gasteiger partial charge in [0, 0.05) is 38.5 Å². The van der Waals surface area contributed by atoms with E-state index >= 15 is 0 Å². The van der Waals surface area contributed by atoms with E-state index in [9.17, 15) is 53.3 Å². The van der Waals surface area contributed by atoms with Crippen LogP contribution in [0.4, 0.5) is 34.0 Å². The van der Waals surface area contributed by atoms with Gasteiger partial charge in [0.2, 0.25) is 23.0 Å². The fraction of sp³-hybridized carbons (Fsp3) is 0.595. The van der Waals surface area contributed by atoms with Gasteiger partial charge >= 0.3 is 6.16 Å². The molecule has 0 unspecified atom stereocenters. The smallest absolute Gasteiger partial charge is 0.428 e. The molecule has 8 rings (SSSR count). The summed E-state index contributed by atoms with van der Waals surface area (Å²) < 4.78 is 84.9. The Morgan fingerprint density at radius 2 is 1.07 bits per heavy atom. The van der Waals surface area contributed by atoms with Crippen LogP contribution >= 0.6 is 0 Å². The number of carbonyl (C=O) groups is 1. The van der Waals surface area contributed by atoms with Gasteiger partial charge in [-0.1, -0.05) is 0 Å². The summed E-state index contributed by atoms with van der Waals surface area (Å²) in [6.07, 6.45) is -16.0. The SMILES string of the molecule is N#C[C@@]1(c2ccc3c(N)ncnn23)O[C@H](CC2(OC(=O)OC3(C[C@H]4O[C@@](C#N)(c5ccc6c(N)ncnn56)[C@H](O)[C@@H]4O)CCC(F)(F)CC3)CCC(F)(F)CC2)[C@@H](O)[C@H]1O. The minimum Gasteiger partial charge on any atom is -0.428 e. The van der Waals surface area contributed by atoms with Gasteiger partial charge in [0.15, 0.2) is 11.6 Å². The highest BCUT2D eigenvalue weighted by atomic mass is 19.3. The van der Waals surface area contributed by atoms with E-state index in [1.807, 2.05) is 12.1 Å². The summed E-state index contributed by atoms with van der Waals surface area (Å²) in [5.74, 6) is -6.27. The topological polar surface area (TPSA) is 295 Å². The van der Waals surface area contributed by atoms with Crippen molar-refractivity contribution in [1.82, 2.24) is 29.2 Å². The van der Waals surface area contributed by atoms with Gasteiger partial charge in [0.1, 0.15) is 71.4 Å². The number of nitrogens with zero attached hydrogens (tertiary/aromatic N) is 8. The van der Waals surface area contributed by atoms with Crippen LogP contribution < -0.4 is 11.5 Å². The quantitative estimate of drug-likeness (QED) is 0.109. The highest BCUT2D eigenvalue weighted by Gasteiger charge is 2.62. The predicted octanol–water partition coefficient (Wildman–Crippen LogP) is 2.15. The highest BCUT2D eigenvalue weighted by molar-refractivity contribution is 5.67. The van der Waals surface area contributed by atoms with Gasteiger partial charge < -0.3 is 50.8 Å². The molecular weight excluding hydrogens is 804 g/mol. The van der Waals surface area contributed by atoms with E-state index < -0.39 is 141 Å². The number of alkyl halides is 4. The number of fused-ring (bicyclic) bond motifs is 2. The number of halogens is 4. The van der Waals surface area contributed by atoms with Crippen LogP contribution in [0.1, 0.15) is 75.6 Å². The van der Waals surface area contributed by atoms with E-state index in [-0.39, 0.29) is 34.1 Å². The molecule has 0 bridgehead atoms. The van der Waals surface area contributed by atoms with E-state index in [1.54, 1.807) is 0 Å². The lowest BCUT2D eigenvalue weighted by Gasteiger charge is -2.44. The molecule has 8 atom stereocenters. The highest BCUT2D eigenvalue weighted by Crippen LogP contribution is 2.51. The van der Waals surface area contributed by atoms with E-state index in [4.69, 9.17) is 30.4 Å². The lowest BCUT2D eigenvalue weighted by atomic mass is 9.77. The normalized spacial score (nSPS) is 33.0. The zero-order valence-corrected chi connectivity index (χ0v) is 31.6. The lowest BCUT2D eigenvalue weighted by molar-refractivity contribution is -0.173. The van der Waals surface area contributed by atoms with Crippen LogP contribution in [-0.2, 0) is 30.1 Å². The van der Waals surface area contributed by atoms with Gasteiger partial charge in [-0.05, 0) is 49.9 Å². The summed E-state index contributed by atoms with van der Waals surface area (Å²) in [6, 6.07) is 9.48. The molecular formula is C37H40F4N10O9. The standard InChI is InChI=1S/C37H40F4N10O9/c38-34(39)9-5-32(6-10-34,13-21-25(52)27(54)36(15-42,57-21)23-3-1-19-29(44)46-17-48-50(19)23)59-31(56)60-33(7-11-35(40,41)12-8-33)14-22-26(53)28(55)37(16-43,58-22)24-4-2-20-30(45)47-18-49-51(20)24/h1-4,17-18,21-22,25-28,52-55H,5-14H2,(H2,44,46,48)(H2,45,47,49)/t21-,22-,25-,26-,27-,28-,36+,37+/m1/s1. The Hall–Kier alpha value is -5.43. The fourth-order valence-corrected chi connectivity index (χ4v) is 9.11. The van der Waals surface area contributed by atoms with Crippen LogP contribution in [-0.4, -0.2) is 115 Å². The van der Waals surface area contributed by atoms with Crippen molar-refractivity contribution in [3.63, 3.8) is 0 Å². The molecule has 60 heavy (non-hydrogen) atoms. The second-order valence-electron chi connectivity index (χ2n) is 16.1. The number of aliphatic hydroxyl groups is 4. The summed E-state index contributed by atoms with van der Waals surface area (Å²) in [4.78, 5) is 21.7. The summed E-state index contributed by atoms with van der Waals surface area (Å²) in [7, 11) is 0. The van der Waals surface area contributed by atoms with Gasteiger partial charge in [-0.3, -0.25) is 0 Å². The Morgan fingerprint density at radius 3 is 1.42 bits per heavy atom. The second-order valence-corrected chi connectivity index (χ2v) is 16.1. The molecule has 0 aromatic carbocycles. The summed E-state index contributed by atoms with van der Waals surface area (Å²) in [5, 5.41) is 74.2. The molecule has 0 amide bonds. The first kappa shape index (κ1) is 41.3. The Kier molecular flexibility index (Phi) is 9.88. The van der Waals surface area contributed by atoms with Gasteiger partial charge in [-0.25, -0.2) is 41.4 Å². The minimum absolute atomic E-state index is 0.0341. The average Bonchev–Trinajstić information content (AvgIpc) is 3.96. The molecule has 320 valence electrons. The number of ether oxygens (including phenoxy) is 4. The third-order valence-electron chi connectivity index (χ3n) is 12.5. The molecule has 4 aromatic heterocycles. The number of aromatic nitrogens is 6. The van der Waals surface area contributed by atoms with Crippen LogP contribution in [0.15, 0.2) is 36.9 Å². The zero-order valence-electron chi connectivity index (χ0n) is 31.6. The van der Waals surface area contributed by atoms with Gasteiger partial charge in [0.25, 0.3) is 0 Å². The van der Waals surface area contributed by atoms with E-state index in [0.717, 1.165) is 12.7 Å². The Labute approximate surface area is 337 Å². The molecule has 4 aromatic rings. The summed E-state index contributed by atoms with van der Waals surface area (Å²) in [6.45, 7) is 0. The summed E-state index contributed by atoms with van der Waals surface area (Å²) in [5.41, 5.74) is 4.06. The first-order valence-corrected chi connectivity index (χ1v) is 19.1. The van der Waals surface area contributed by atoms with Crippen molar-refractivity contribution in [3.8, 4) is 12.1 Å². The first-order valence-electron chi connectivity index (χ1n) is 19.1. The van der Waals surface area contributed by atoms with Gasteiger partial charge in [0.05, 0.1) is 23.6 Å².